The van der Waals surface area contributed by atoms with E-state index in [4.69, 9.17) is 0 Å². The largest absolute Gasteiger partial charge is 0.339 e. The van der Waals surface area contributed by atoms with Crippen LogP contribution < -0.4 is 5.32 Å². The van der Waals surface area contributed by atoms with E-state index in [2.05, 4.69) is 15.4 Å². The van der Waals surface area contributed by atoms with Crippen molar-refractivity contribution in [2.24, 2.45) is 0 Å². The van der Waals surface area contributed by atoms with E-state index in [1.54, 1.807) is 30.5 Å². The van der Waals surface area contributed by atoms with Gasteiger partial charge in [-0.05, 0) is 63.9 Å². The van der Waals surface area contributed by atoms with Crippen LogP contribution in [0.25, 0.3) is 11.0 Å². The van der Waals surface area contributed by atoms with Crippen molar-refractivity contribution in [1.29, 1.82) is 0 Å². The molecule has 1 aliphatic heterocycles. The molecule has 150 valence electrons. The molecule has 2 amide bonds. The number of fused-ring (bicyclic) bond motifs is 1. The lowest BCUT2D eigenvalue weighted by molar-refractivity contribution is 0.0792. The molecule has 29 heavy (non-hydrogen) atoms. The average Bonchev–Trinajstić information content (AvgIpc) is 3.37. The Morgan fingerprint density at radius 3 is 2.45 bits per heavy atom. The van der Waals surface area contributed by atoms with Gasteiger partial charge in [0.15, 0.2) is 5.65 Å². The number of likely N-dealkylation sites (tertiary alicyclic amines) is 1. The van der Waals surface area contributed by atoms with Crippen LogP contribution >= 0.6 is 0 Å². The quantitative estimate of drug-likeness (QED) is 0.733. The first-order valence-electron chi connectivity index (χ1n) is 9.99. The van der Waals surface area contributed by atoms with Gasteiger partial charge in [0, 0.05) is 35.8 Å². The van der Waals surface area contributed by atoms with E-state index < -0.39 is 0 Å². The maximum absolute atomic E-state index is 12.8. The highest BCUT2D eigenvalue weighted by molar-refractivity contribution is 6.06. The van der Waals surface area contributed by atoms with Crippen molar-refractivity contribution in [3.05, 3.63) is 53.3 Å². The Bertz CT molecular complexity index is 1060. The molecular formula is C22H25N5O2. The van der Waals surface area contributed by atoms with Crippen LogP contribution in [0.15, 0.2) is 36.5 Å². The van der Waals surface area contributed by atoms with Crippen LogP contribution in [-0.4, -0.2) is 44.6 Å². The summed E-state index contributed by atoms with van der Waals surface area (Å²) in [4.78, 5) is 31.7. The Kier molecular flexibility index (Phi) is 5.05. The lowest BCUT2D eigenvalue weighted by Crippen LogP contribution is -2.27. The zero-order chi connectivity index (χ0) is 20.5. The number of nitrogens with one attached hydrogen (secondary N) is 1. The van der Waals surface area contributed by atoms with Gasteiger partial charge in [0.1, 0.15) is 0 Å². The normalized spacial score (nSPS) is 14.0. The zero-order valence-corrected chi connectivity index (χ0v) is 17.0. The van der Waals surface area contributed by atoms with Gasteiger partial charge in [0.25, 0.3) is 11.8 Å². The third kappa shape index (κ3) is 3.72. The number of hydrogen-bond donors (Lipinski definition) is 1. The van der Waals surface area contributed by atoms with Crippen molar-refractivity contribution < 1.29 is 9.59 Å². The molecule has 1 saturated heterocycles. The van der Waals surface area contributed by atoms with Gasteiger partial charge in [-0.25, -0.2) is 9.67 Å². The van der Waals surface area contributed by atoms with Gasteiger partial charge in [0.05, 0.1) is 17.5 Å². The van der Waals surface area contributed by atoms with Gasteiger partial charge in [-0.1, -0.05) is 0 Å². The number of aromatic nitrogens is 3. The molecule has 7 nitrogen and oxygen atoms in total. The maximum Gasteiger partial charge on any atom is 0.257 e. The van der Waals surface area contributed by atoms with E-state index in [0.717, 1.165) is 37.0 Å². The van der Waals surface area contributed by atoms with Crippen LogP contribution in [-0.2, 0) is 0 Å². The van der Waals surface area contributed by atoms with E-state index in [1.807, 2.05) is 36.4 Å². The van der Waals surface area contributed by atoms with Crippen LogP contribution in [0.2, 0.25) is 0 Å². The summed E-state index contributed by atoms with van der Waals surface area (Å²) in [6, 6.07) is 9.07. The van der Waals surface area contributed by atoms with E-state index >= 15 is 0 Å². The van der Waals surface area contributed by atoms with Gasteiger partial charge >= 0.3 is 0 Å². The number of carbonyl (C=O) groups is 2. The van der Waals surface area contributed by atoms with Crippen molar-refractivity contribution >= 4 is 28.5 Å². The van der Waals surface area contributed by atoms with Crippen molar-refractivity contribution in [2.75, 3.05) is 18.4 Å². The van der Waals surface area contributed by atoms with Gasteiger partial charge < -0.3 is 10.2 Å². The molecule has 1 aliphatic rings. The lowest BCUT2D eigenvalue weighted by atomic mass is 10.1. The minimum Gasteiger partial charge on any atom is -0.339 e. The second-order valence-corrected chi connectivity index (χ2v) is 7.75. The van der Waals surface area contributed by atoms with E-state index in [1.165, 1.54) is 0 Å². The topological polar surface area (TPSA) is 80.1 Å². The summed E-state index contributed by atoms with van der Waals surface area (Å²) in [7, 11) is 0. The molecule has 0 radical (unpaired) electrons. The standard InChI is InChI=1S/C22H25N5O2/c1-14(2)27-20-17(13-23-27)12-19(15(3)24-20)21(28)25-18-8-6-16(7-9-18)22(29)26-10-4-5-11-26/h6-9,12-14H,4-5,10-11H2,1-3H3,(H,25,28). The summed E-state index contributed by atoms with van der Waals surface area (Å²) in [5, 5.41) is 8.10. The smallest absolute Gasteiger partial charge is 0.257 e. The van der Waals surface area contributed by atoms with Crippen molar-refractivity contribution in [1.82, 2.24) is 19.7 Å². The number of anilines is 1. The van der Waals surface area contributed by atoms with Crippen LogP contribution in [0.1, 0.15) is 59.1 Å². The van der Waals surface area contributed by atoms with Crippen LogP contribution in [0.5, 0.6) is 0 Å². The molecule has 2 aromatic heterocycles. The fourth-order valence-corrected chi connectivity index (χ4v) is 3.67. The van der Waals surface area contributed by atoms with Gasteiger partial charge in [0.2, 0.25) is 0 Å². The van der Waals surface area contributed by atoms with Gasteiger partial charge in [-0.15, -0.1) is 0 Å². The van der Waals surface area contributed by atoms with E-state index in [9.17, 15) is 9.59 Å². The van der Waals surface area contributed by atoms with E-state index in [-0.39, 0.29) is 17.9 Å². The van der Waals surface area contributed by atoms with Crippen LogP contribution in [0.3, 0.4) is 0 Å². The van der Waals surface area contributed by atoms with Crippen molar-refractivity contribution in [3.63, 3.8) is 0 Å². The molecule has 0 atom stereocenters. The first kappa shape index (κ1) is 19.1. The maximum atomic E-state index is 12.8. The number of rotatable bonds is 4. The molecule has 0 unspecified atom stereocenters. The molecule has 0 bridgehead atoms. The molecule has 1 aromatic carbocycles. The second kappa shape index (κ2) is 7.66. The number of aryl methyl sites for hydroxylation is 1. The minimum absolute atomic E-state index is 0.0491. The monoisotopic (exact) mass is 391 g/mol. The summed E-state index contributed by atoms with van der Waals surface area (Å²) in [6.45, 7) is 7.55. The molecule has 0 aliphatic carbocycles. The molecule has 7 heteroatoms. The molecule has 0 spiro atoms. The predicted molar refractivity (Wildman–Crippen MR) is 112 cm³/mol. The van der Waals surface area contributed by atoms with Crippen molar-refractivity contribution in [3.8, 4) is 0 Å². The third-order valence-corrected chi connectivity index (χ3v) is 5.28. The Hall–Kier alpha value is -3.22. The number of nitrogens with zero attached hydrogens (tertiary/aromatic N) is 4. The highest BCUT2D eigenvalue weighted by Crippen LogP contribution is 2.21. The first-order chi connectivity index (χ1) is 13.9. The van der Waals surface area contributed by atoms with Gasteiger partial charge in [-0.3, -0.25) is 9.59 Å². The molecule has 4 rings (SSSR count). The number of carbonyl (C=O) groups excluding carboxylic acids is 2. The fraction of sp³-hybridized carbons (Fsp3) is 0.364. The van der Waals surface area contributed by atoms with Crippen LogP contribution in [0, 0.1) is 6.92 Å². The second-order valence-electron chi connectivity index (χ2n) is 7.75. The summed E-state index contributed by atoms with van der Waals surface area (Å²) < 4.78 is 1.85. The fourth-order valence-electron chi connectivity index (χ4n) is 3.67. The summed E-state index contributed by atoms with van der Waals surface area (Å²) in [5.74, 6) is -0.180. The molecule has 1 fully saturated rings. The van der Waals surface area contributed by atoms with E-state index in [0.29, 0.717) is 22.5 Å². The Morgan fingerprint density at radius 2 is 1.79 bits per heavy atom. The summed E-state index contributed by atoms with van der Waals surface area (Å²) in [5.41, 5.74) is 3.23. The van der Waals surface area contributed by atoms with Crippen molar-refractivity contribution in [2.45, 2.75) is 39.7 Å². The SMILES string of the molecule is Cc1nc2c(cnn2C(C)C)cc1C(=O)Nc1ccc(C(=O)N2CCCC2)cc1. The molecule has 3 heterocycles. The number of amides is 2. The Labute approximate surface area is 169 Å². The highest BCUT2D eigenvalue weighted by atomic mass is 16.2. The third-order valence-electron chi connectivity index (χ3n) is 5.28. The number of pyridine rings is 1. The summed E-state index contributed by atoms with van der Waals surface area (Å²) in [6.07, 6.45) is 3.86. The molecule has 3 aromatic rings. The molecule has 1 N–H and O–H groups in total. The minimum atomic E-state index is -0.229. The molecular weight excluding hydrogens is 366 g/mol. The molecule has 0 saturated carbocycles. The Balaban J connectivity index is 1.51. The van der Waals surface area contributed by atoms with Gasteiger partial charge in [-0.2, -0.15) is 5.10 Å². The number of benzene rings is 1. The first-order valence-corrected chi connectivity index (χ1v) is 9.99. The summed E-state index contributed by atoms with van der Waals surface area (Å²) >= 11 is 0. The highest BCUT2D eigenvalue weighted by Gasteiger charge is 2.20. The van der Waals surface area contributed by atoms with Crippen LogP contribution in [0.4, 0.5) is 5.69 Å². The number of hydrogen-bond acceptors (Lipinski definition) is 4. The Morgan fingerprint density at radius 1 is 1.10 bits per heavy atom. The lowest BCUT2D eigenvalue weighted by Gasteiger charge is -2.15. The average molecular weight is 391 g/mol. The zero-order valence-electron chi connectivity index (χ0n) is 17.0. The predicted octanol–water partition coefficient (Wildman–Crippen LogP) is 3.81.